The second kappa shape index (κ2) is 8.90. The predicted octanol–water partition coefficient (Wildman–Crippen LogP) is -3.93. The minimum absolute atomic E-state index is 3.13. The summed E-state index contributed by atoms with van der Waals surface area (Å²) in [6, 6.07) is 0. The molecule has 0 fully saturated rings. The summed E-state index contributed by atoms with van der Waals surface area (Å²) in [5.74, 6) is 0. The molecule has 0 radical (unpaired) electrons. The van der Waals surface area contributed by atoms with Crippen molar-refractivity contribution in [2.24, 2.45) is 0 Å². The SMILES string of the molecule is O=[Si](O)O.O=[Si](O)OOO[Si](=O)O. The molecule has 0 atom stereocenters. The number of rotatable bonds is 4. The van der Waals surface area contributed by atoms with Gasteiger partial charge in [0, 0.05) is 5.04 Å². The van der Waals surface area contributed by atoms with E-state index in [0.717, 1.165) is 0 Å². The lowest BCUT2D eigenvalue weighted by Gasteiger charge is -1.91. The van der Waals surface area contributed by atoms with Crippen LogP contribution < -0.4 is 0 Å². The minimum atomic E-state index is -3.26. The molecular formula is H4O10Si3. The smallest absolute Gasteiger partial charge is 0.511 e. The molecule has 10 nitrogen and oxygen atoms in total. The Balaban J connectivity index is 0. The van der Waals surface area contributed by atoms with Crippen molar-refractivity contribution in [1.29, 1.82) is 0 Å². The van der Waals surface area contributed by atoms with Crippen LogP contribution in [0.3, 0.4) is 0 Å². The zero-order valence-electron chi connectivity index (χ0n) is 5.74. The molecule has 0 unspecified atom stereocenters. The summed E-state index contributed by atoms with van der Waals surface area (Å²) >= 11 is 0. The van der Waals surface area contributed by atoms with Gasteiger partial charge in [-0.3, -0.25) is 22.5 Å². The molecule has 0 aliphatic rings. The van der Waals surface area contributed by atoms with E-state index in [-0.39, 0.29) is 0 Å². The van der Waals surface area contributed by atoms with Crippen LogP contribution in [0.5, 0.6) is 0 Å². The van der Waals surface area contributed by atoms with Crippen LogP contribution >= 0.6 is 0 Å². The van der Waals surface area contributed by atoms with E-state index in [0.29, 0.717) is 0 Å². The second-order valence-corrected chi connectivity index (χ2v) is 3.01. The number of hydrogen-bond acceptors (Lipinski definition) is 6. The van der Waals surface area contributed by atoms with Crippen molar-refractivity contribution >= 4 is 27.5 Å². The molecule has 0 saturated heterocycles. The standard InChI is InChI=1S/H2O7Si2.H2O3Si/c1-8(2)6-5-7-9(3)4;1-4(2)3/h1,3H;1-2H. The van der Waals surface area contributed by atoms with E-state index in [1.165, 1.54) is 0 Å². The fourth-order valence-electron chi connectivity index (χ4n) is 0.0752. The van der Waals surface area contributed by atoms with E-state index < -0.39 is 27.5 Å². The third kappa shape index (κ3) is 36.3. The molecule has 76 valence electrons. The summed E-state index contributed by atoms with van der Waals surface area (Å²) in [6.07, 6.45) is 0. The first kappa shape index (κ1) is 14.3. The number of hydrogen-bond donors (Lipinski definition) is 4. The Morgan fingerprint density at radius 2 is 1.00 bits per heavy atom. The van der Waals surface area contributed by atoms with Crippen LogP contribution in [-0.2, 0) is 27.6 Å². The van der Waals surface area contributed by atoms with Gasteiger partial charge >= 0.3 is 27.5 Å². The Morgan fingerprint density at radius 1 is 0.769 bits per heavy atom. The molecular weight excluding hydrogens is 244 g/mol. The Hall–Kier alpha value is -1.19. The average molecular weight is 248 g/mol. The summed E-state index contributed by atoms with van der Waals surface area (Å²) in [6.45, 7) is 0. The van der Waals surface area contributed by atoms with Gasteiger partial charge in [-0.2, -0.15) is 0 Å². The molecule has 0 amide bonds. The van der Waals surface area contributed by atoms with Crippen LogP contribution in [0.15, 0.2) is 0 Å². The van der Waals surface area contributed by atoms with Gasteiger partial charge in [0.2, 0.25) is 0 Å². The normalized spacial score (nSPS) is 7.38. The Kier molecular flexibility index (Phi) is 9.82. The van der Waals surface area contributed by atoms with E-state index in [4.69, 9.17) is 23.6 Å². The fraction of sp³-hybridized carbons (Fsp3) is 0. The van der Waals surface area contributed by atoms with Crippen LogP contribution in [0.1, 0.15) is 0 Å². The van der Waals surface area contributed by atoms with Gasteiger partial charge in [0.15, 0.2) is 0 Å². The van der Waals surface area contributed by atoms with Gasteiger partial charge in [0.1, 0.15) is 0 Å². The van der Waals surface area contributed by atoms with Crippen molar-refractivity contribution in [2.45, 2.75) is 0 Å². The maximum absolute atomic E-state index is 9.57. The third-order valence-electron chi connectivity index (χ3n) is 0.211. The highest BCUT2D eigenvalue weighted by Crippen LogP contribution is 1.76. The first-order chi connectivity index (χ1) is 5.86. The van der Waals surface area contributed by atoms with Crippen molar-refractivity contribution in [1.82, 2.24) is 0 Å². The molecule has 0 aromatic rings. The van der Waals surface area contributed by atoms with Crippen LogP contribution in [0, 0.1) is 0 Å². The Labute approximate surface area is 75.1 Å². The maximum atomic E-state index is 9.57. The van der Waals surface area contributed by atoms with E-state index in [1.54, 1.807) is 0 Å². The molecule has 13 heteroatoms. The lowest BCUT2D eigenvalue weighted by molar-refractivity contribution is -0.433. The first-order valence-electron chi connectivity index (χ1n) is 2.25. The summed E-state index contributed by atoms with van der Waals surface area (Å²) in [7, 11) is -9.65. The minimum Gasteiger partial charge on any atom is -0.511 e. The predicted molar refractivity (Wildman–Crippen MR) is 31.5 cm³/mol. The highest BCUT2D eigenvalue weighted by molar-refractivity contribution is 6.24. The zero-order chi connectivity index (χ0) is 10.9. The summed E-state index contributed by atoms with van der Waals surface area (Å²) < 4.78 is 34.7. The van der Waals surface area contributed by atoms with Gasteiger partial charge < -0.3 is 19.2 Å². The van der Waals surface area contributed by atoms with Crippen LogP contribution in [-0.4, -0.2) is 46.7 Å². The summed E-state index contributed by atoms with van der Waals surface area (Å²) in [5, 5.41) is 3.32. The Morgan fingerprint density at radius 3 is 1.15 bits per heavy atom. The van der Waals surface area contributed by atoms with Gasteiger partial charge in [-0.15, -0.1) is 0 Å². The maximum Gasteiger partial charge on any atom is 0.801 e. The summed E-state index contributed by atoms with van der Waals surface area (Å²) in [5.41, 5.74) is 0. The lowest BCUT2D eigenvalue weighted by atomic mass is 14.5. The van der Waals surface area contributed by atoms with Crippen molar-refractivity contribution in [3.05, 3.63) is 0 Å². The molecule has 0 rings (SSSR count). The van der Waals surface area contributed by atoms with Gasteiger partial charge in [0.05, 0.1) is 0 Å². The highest BCUT2D eigenvalue weighted by Gasteiger charge is 2.10. The third-order valence-corrected chi connectivity index (χ3v) is 0.632. The molecule has 0 spiro atoms. The van der Waals surface area contributed by atoms with Crippen molar-refractivity contribution in [3.8, 4) is 0 Å². The van der Waals surface area contributed by atoms with Gasteiger partial charge in [-0.25, -0.2) is 0 Å². The molecule has 13 heavy (non-hydrogen) atoms. The van der Waals surface area contributed by atoms with Crippen LogP contribution in [0.2, 0.25) is 0 Å². The van der Waals surface area contributed by atoms with Gasteiger partial charge in [-0.05, 0) is 0 Å². The molecule has 0 aromatic heterocycles. The Bertz CT molecular complexity index is 165. The van der Waals surface area contributed by atoms with E-state index in [9.17, 15) is 8.92 Å². The van der Waals surface area contributed by atoms with E-state index in [1.807, 2.05) is 0 Å². The molecule has 0 heterocycles. The van der Waals surface area contributed by atoms with E-state index >= 15 is 0 Å². The monoisotopic (exact) mass is 248 g/mol. The van der Waals surface area contributed by atoms with Gasteiger partial charge in [-0.1, -0.05) is 0 Å². The fourth-order valence-corrected chi connectivity index (χ4v) is 0.328. The molecule has 0 aromatic carbocycles. The van der Waals surface area contributed by atoms with E-state index in [2.05, 4.69) is 14.2 Å². The topological polar surface area (TPSA) is 160 Å². The van der Waals surface area contributed by atoms with Crippen molar-refractivity contribution in [2.75, 3.05) is 0 Å². The highest BCUT2D eigenvalue weighted by atomic mass is 28.3. The molecule has 0 saturated carbocycles. The van der Waals surface area contributed by atoms with Gasteiger partial charge in [0.25, 0.3) is 0 Å². The summed E-state index contributed by atoms with van der Waals surface area (Å²) in [4.78, 5) is 29.9. The molecule has 0 aliphatic carbocycles. The van der Waals surface area contributed by atoms with Crippen molar-refractivity contribution in [3.63, 3.8) is 0 Å². The van der Waals surface area contributed by atoms with Crippen LogP contribution in [0.25, 0.3) is 0 Å². The van der Waals surface area contributed by atoms with Crippen LogP contribution in [0.4, 0.5) is 0 Å². The largest absolute Gasteiger partial charge is 0.801 e. The lowest BCUT2D eigenvalue weighted by Crippen LogP contribution is -2.11. The molecule has 0 bridgehead atoms. The average Bonchev–Trinajstić information content (AvgIpc) is 1.83. The molecule has 4 N–H and O–H groups in total. The second-order valence-electron chi connectivity index (χ2n) is 1.05. The molecule has 0 aliphatic heterocycles. The van der Waals surface area contributed by atoms with Crippen molar-refractivity contribution < 1.29 is 46.8 Å². The zero-order valence-corrected chi connectivity index (χ0v) is 8.74. The first-order valence-corrected chi connectivity index (χ1v) is 6.08. The quantitative estimate of drug-likeness (QED) is 0.220.